The maximum atomic E-state index is 4.50. The largest absolute Gasteiger partial charge is 0.255 e. The minimum absolute atomic E-state index is 0.965. The molecule has 0 aliphatic carbocycles. The monoisotopic (exact) mass is 333 g/mol. The first-order chi connectivity index (χ1) is 10.8. The van der Waals surface area contributed by atoms with Crippen LogP contribution in [0.15, 0.2) is 40.3 Å². The van der Waals surface area contributed by atoms with Gasteiger partial charge in [-0.05, 0) is 30.4 Å². The quantitative estimate of drug-likeness (QED) is 0.293. The first-order valence-electron chi connectivity index (χ1n) is 8.52. The minimum Gasteiger partial charge on any atom is -0.255 e. The third-order valence-corrected chi connectivity index (χ3v) is 5.48. The van der Waals surface area contributed by atoms with E-state index in [0.717, 1.165) is 10.4 Å². The molecule has 0 atom stereocenters. The second-order valence-corrected chi connectivity index (χ2v) is 7.42. The van der Waals surface area contributed by atoms with Crippen molar-refractivity contribution in [2.75, 3.05) is 5.75 Å². The van der Waals surface area contributed by atoms with Crippen LogP contribution in [0.1, 0.15) is 58.3 Å². The summed E-state index contributed by atoms with van der Waals surface area (Å²) in [7, 11) is 0. The molecule has 22 heavy (non-hydrogen) atoms. The van der Waals surface area contributed by atoms with E-state index < -0.39 is 0 Å². The standard InChI is InChI=1S/C19H27NS2/c1-2-3-4-5-6-7-8-9-15-22-18-13-12-17(21)19-16(18)11-10-14-20-19/h10-14,21H,2-9,15H2,1H3. The summed E-state index contributed by atoms with van der Waals surface area (Å²) >= 11 is 6.45. The average molecular weight is 334 g/mol. The Morgan fingerprint density at radius 2 is 1.68 bits per heavy atom. The Labute approximate surface area is 144 Å². The van der Waals surface area contributed by atoms with Gasteiger partial charge < -0.3 is 0 Å². The zero-order valence-electron chi connectivity index (χ0n) is 13.6. The lowest BCUT2D eigenvalue weighted by Crippen LogP contribution is -1.86. The predicted octanol–water partition coefficient (Wildman–Crippen LogP) is 6.76. The SMILES string of the molecule is CCCCCCCCCCSc1ccc(S)c2ncccc12. The molecule has 2 rings (SSSR count). The summed E-state index contributed by atoms with van der Waals surface area (Å²) in [6.07, 6.45) is 12.9. The van der Waals surface area contributed by atoms with Crippen LogP contribution in [-0.2, 0) is 0 Å². The van der Waals surface area contributed by atoms with Crippen LogP contribution in [0, 0.1) is 0 Å². The van der Waals surface area contributed by atoms with E-state index >= 15 is 0 Å². The number of fused-ring (bicyclic) bond motifs is 1. The van der Waals surface area contributed by atoms with Crippen LogP contribution < -0.4 is 0 Å². The Morgan fingerprint density at radius 1 is 0.955 bits per heavy atom. The smallest absolute Gasteiger partial charge is 0.0846 e. The van der Waals surface area contributed by atoms with Crippen LogP contribution in [0.4, 0.5) is 0 Å². The lowest BCUT2D eigenvalue weighted by molar-refractivity contribution is 0.586. The molecule has 0 aliphatic heterocycles. The number of pyridine rings is 1. The molecule has 1 heterocycles. The van der Waals surface area contributed by atoms with Gasteiger partial charge in [-0.1, -0.05) is 57.9 Å². The van der Waals surface area contributed by atoms with Crippen LogP contribution in [0.3, 0.4) is 0 Å². The summed E-state index contributed by atoms with van der Waals surface area (Å²) in [5.74, 6) is 1.20. The summed E-state index contributed by atoms with van der Waals surface area (Å²) in [5.41, 5.74) is 1.02. The molecule has 1 aromatic heterocycles. The molecular weight excluding hydrogens is 306 g/mol. The van der Waals surface area contributed by atoms with Crippen molar-refractivity contribution in [1.82, 2.24) is 4.98 Å². The van der Waals surface area contributed by atoms with Crippen molar-refractivity contribution >= 4 is 35.3 Å². The van der Waals surface area contributed by atoms with Crippen LogP contribution in [0.2, 0.25) is 0 Å². The molecule has 0 saturated carbocycles. The van der Waals surface area contributed by atoms with E-state index in [4.69, 9.17) is 0 Å². The number of nitrogens with zero attached hydrogens (tertiary/aromatic N) is 1. The summed E-state index contributed by atoms with van der Waals surface area (Å²) in [4.78, 5) is 6.75. The van der Waals surface area contributed by atoms with E-state index in [1.807, 2.05) is 24.0 Å². The van der Waals surface area contributed by atoms with E-state index in [1.165, 1.54) is 67.4 Å². The Bertz CT molecular complexity index is 568. The molecule has 0 saturated heterocycles. The van der Waals surface area contributed by atoms with E-state index in [9.17, 15) is 0 Å². The van der Waals surface area contributed by atoms with Crippen molar-refractivity contribution in [2.45, 2.75) is 68.1 Å². The number of hydrogen-bond acceptors (Lipinski definition) is 3. The average Bonchev–Trinajstić information content (AvgIpc) is 2.55. The highest BCUT2D eigenvalue weighted by Gasteiger charge is 2.05. The van der Waals surface area contributed by atoms with Crippen molar-refractivity contribution in [3.05, 3.63) is 30.5 Å². The van der Waals surface area contributed by atoms with Gasteiger partial charge in [0.2, 0.25) is 0 Å². The number of thiol groups is 1. The Hall–Kier alpha value is -0.670. The van der Waals surface area contributed by atoms with Crippen molar-refractivity contribution in [2.24, 2.45) is 0 Å². The zero-order valence-corrected chi connectivity index (χ0v) is 15.3. The maximum absolute atomic E-state index is 4.50. The van der Waals surface area contributed by atoms with Gasteiger partial charge in [0.05, 0.1) is 5.52 Å². The van der Waals surface area contributed by atoms with E-state index in [2.05, 4.69) is 42.7 Å². The summed E-state index contributed by atoms with van der Waals surface area (Å²) < 4.78 is 0. The van der Waals surface area contributed by atoms with Crippen LogP contribution in [0.25, 0.3) is 10.9 Å². The second-order valence-electron chi connectivity index (χ2n) is 5.81. The van der Waals surface area contributed by atoms with Gasteiger partial charge in [0, 0.05) is 21.4 Å². The van der Waals surface area contributed by atoms with Gasteiger partial charge in [-0.25, -0.2) is 0 Å². The molecule has 0 bridgehead atoms. The topological polar surface area (TPSA) is 12.9 Å². The molecule has 2 aromatic rings. The maximum Gasteiger partial charge on any atom is 0.0846 e. The van der Waals surface area contributed by atoms with Gasteiger partial charge in [0.15, 0.2) is 0 Å². The van der Waals surface area contributed by atoms with Crippen molar-refractivity contribution in [1.29, 1.82) is 0 Å². The Kier molecular flexibility index (Phi) is 8.17. The number of unbranched alkanes of at least 4 members (excludes halogenated alkanes) is 7. The summed E-state index contributed by atoms with van der Waals surface area (Å²) in [6, 6.07) is 8.41. The third kappa shape index (κ3) is 5.51. The predicted molar refractivity (Wildman–Crippen MR) is 102 cm³/mol. The van der Waals surface area contributed by atoms with Crippen molar-refractivity contribution < 1.29 is 0 Å². The van der Waals surface area contributed by atoms with Crippen LogP contribution >= 0.6 is 24.4 Å². The Morgan fingerprint density at radius 3 is 2.45 bits per heavy atom. The number of aromatic nitrogens is 1. The van der Waals surface area contributed by atoms with E-state index in [1.54, 1.807) is 0 Å². The number of rotatable bonds is 10. The molecule has 0 radical (unpaired) electrons. The molecular formula is C19H27NS2. The zero-order chi connectivity index (χ0) is 15.6. The fraction of sp³-hybridized carbons (Fsp3) is 0.526. The molecule has 1 aromatic carbocycles. The van der Waals surface area contributed by atoms with Gasteiger partial charge in [0.1, 0.15) is 0 Å². The Balaban J connectivity index is 1.71. The highest BCUT2D eigenvalue weighted by Crippen LogP contribution is 2.31. The number of hydrogen-bond donors (Lipinski definition) is 1. The first kappa shape index (κ1) is 17.7. The normalized spacial score (nSPS) is 11.2. The highest BCUT2D eigenvalue weighted by molar-refractivity contribution is 7.99. The molecule has 0 spiro atoms. The molecule has 0 aliphatic rings. The lowest BCUT2D eigenvalue weighted by Gasteiger charge is -2.07. The van der Waals surface area contributed by atoms with Crippen molar-refractivity contribution in [3.63, 3.8) is 0 Å². The van der Waals surface area contributed by atoms with E-state index in [-0.39, 0.29) is 0 Å². The number of thioether (sulfide) groups is 1. The molecule has 0 amide bonds. The van der Waals surface area contributed by atoms with Gasteiger partial charge in [0.25, 0.3) is 0 Å². The fourth-order valence-corrected chi connectivity index (χ4v) is 3.98. The third-order valence-electron chi connectivity index (χ3n) is 3.96. The second kappa shape index (κ2) is 10.2. The molecule has 3 heteroatoms. The molecule has 120 valence electrons. The van der Waals surface area contributed by atoms with Crippen molar-refractivity contribution in [3.8, 4) is 0 Å². The first-order valence-corrected chi connectivity index (χ1v) is 9.95. The molecule has 0 fully saturated rings. The summed E-state index contributed by atoms with van der Waals surface area (Å²) in [6.45, 7) is 2.27. The minimum atomic E-state index is 0.965. The lowest BCUT2D eigenvalue weighted by atomic mass is 10.1. The van der Waals surface area contributed by atoms with E-state index in [0.29, 0.717) is 0 Å². The van der Waals surface area contributed by atoms with Gasteiger partial charge in [-0.2, -0.15) is 0 Å². The molecule has 0 unspecified atom stereocenters. The van der Waals surface area contributed by atoms with Gasteiger partial charge in [-0.3, -0.25) is 4.98 Å². The van der Waals surface area contributed by atoms with Crippen LogP contribution in [0.5, 0.6) is 0 Å². The van der Waals surface area contributed by atoms with Gasteiger partial charge in [-0.15, -0.1) is 24.4 Å². The fourth-order valence-electron chi connectivity index (χ4n) is 2.68. The van der Waals surface area contributed by atoms with Crippen LogP contribution in [-0.4, -0.2) is 10.7 Å². The van der Waals surface area contributed by atoms with Gasteiger partial charge >= 0.3 is 0 Å². The number of benzene rings is 1. The highest BCUT2D eigenvalue weighted by atomic mass is 32.2. The molecule has 1 nitrogen and oxygen atoms in total. The summed E-state index contributed by atoms with van der Waals surface area (Å²) in [5, 5.41) is 1.24. The molecule has 0 N–H and O–H groups in total.